The third-order valence-corrected chi connectivity index (χ3v) is 3.42. The number of piperidine rings is 1. The lowest BCUT2D eigenvalue weighted by Gasteiger charge is -2.31. The number of thiazole rings is 1. The van der Waals surface area contributed by atoms with Crippen LogP contribution in [0.15, 0.2) is 5.38 Å². The van der Waals surface area contributed by atoms with Gasteiger partial charge in [0.05, 0.1) is 6.54 Å². The van der Waals surface area contributed by atoms with Crippen LogP contribution in [0.1, 0.15) is 12.8 Å². The Morgan fingerprint density at radius 2 is 2.56 bits per heavy atom. The number of carbonyl (C=O) groups excluding carboxylic acids is 1. The van der Waals surface area contributed by atoms with E-state index in [1.54, 1.807) is 0 Å². The molecule has 1 aromatic heterocycles. The molecule has 7 heteroatoms. The quantitative estimate of drug-likeness (QED) is 0.882. The summed E-state index contributed by atoms with van der Waals surface area (Å²) < 4.78 is 5.51. The minimum absolute atomic E-state index is 0.147. The fraction of sp³-hybridized carbons (Fsp3) is 0.556. The molecule has 5 nitrogen and oxygen atoms in total. The zero-order chi connectivity index (χ0) is 11.5. The monoisotopic (exact) mass is 261 g/mol. The summed E-state index contributed by atoms with van der Waals surface area (Å²) in [6.45, 7) is 1.53. The SMILES string of the molecule is NC(=O)OC1CCCN(c2csc(Cl)n2)C1. The van der Waals surface area contributed by atoms with E-state index in [-0.39, 0.29) is 6.10 Å². The molecule has 1 unspecified atom stereocenters. The van der Waals surface area contributed by atoms with Crippen LogP contribution >= 0.6 is 22.9 Å². The molecule has 1 fully saturated rings. The number of nitrogens with two attached hydrogens (primary N) is 1. The van der Waals surface area contributed by atoms with Gasteiger partial charge in [0.1, 0.15) is 11.9 Å². The van der Waals surface area contributed by atoms with Gasteiger partial charge in [0.25, 0.3) is 0 Å². The number of rotatable bonds is 2. The summed E-state index contributed by atoms with van der Waals surface area (Å²) in [5, 5.41) is 1.90. The Kier molecular flexibility index (Phi) is 3.50. The number of nitrogens with zero attached hydrogens (tertiary/aromatic N) is 2. The number of primary amides is 1. The van der Waals surface area contributed by atoms with Gasteiger partial charge in [0, 0.05) is 11.9 Å². The second-order valence-corrected chi connectivity index (χ2v) is 5.05. The molecule has 2 heterocycles. The molecule has 1 saturated heterocycles. The van der Waals surface area contributed by atoms with Crippen LogP contribution in [0.2, 0.25) is 4.47 Å². The standard InChI is InChI=1S/C9H12ClN3O2S/c10-8-12-7(5-16-8)13-3-1-2-6(4-13)15-9(11)14/h5-6H,1-4H2,(H2,11,14). The zero-order valence-electron chi connectivity index (χ0n) is 8.56. The van der Waals surface area contributed by atoms with Crippen LogP contribution in [0.3, 0.4) is 0 Å². The Labute approximate surface area is 102 Å². The van der Waals surface area contributed by atoms with Gasteiger partial charge in [-0.15, -0.1) is 11.3 Å². The molecular weight excluding hydrogens is 250 g/mol. The molecule has 2 rings (SSSR count). The average Bonchev–Trinajstić information content (AvgIpc) is 2.64. The number of hydrogen-bond acceptors (Lipinski definition) is 5. The van der Waals surface area contributed by atoms with E-state index in [2.05, 4.69) is 9.88 Å². The molecule has 16 heavy (non-hydrogen) atoms. The molecule has 2 N–H and O–H groups in total. The van der Waals surface area contributed by atoms with Crippen molar-refractivity contribution in [1.82, 2.24) is 4.98 Å². The highest BCUT2D eigenvalue weighted by Crippen LogP contribution is 2.25. The summed E-state index contributed by atoms with van der Waals surface area (Å²) >= 11 is 7.17. The number of ether oxygens (including phenoxy) is 1. The first-order valence-electron chi connectivity index (χ1n) is 4.97. The molecule has 0 aliphatic carbocycles. The van der Waals surface area contributed by atoms with Crippen LogP contribution in [0, 0.1) is 0 Å². The maximum atomic E-state index is 10.7. The molecule has 0 bridgehead atoms. The number of hydrogen-bond donors (Lipinski definition) is 1. The van der Waals surface area contributed by atoms with E-state index in [1.807, 2.05) is 5.38 Å². The van der Waals surface area contributed by atoms with E-state index in [4.69, 9.17) is 22.1 Å². The van der Waals surface area contributed by atoms with Gasteiger partial charge in [0.2, 0.25) is 0 Å². The van der Waals surface area contributed by atoms with Gasteiger partial charge in [-0.1, -0.05) is 11.6 Å². The molecule has 0 spiro atoms. The van der Waals surface area contributed by atoms with Crippen LogP contribution in [0.5, 0.6) is 0 Å². The fourth-order valence-electron chi connectivity index (χ4n) is 1.80. The van der Waals surface area contributed by atoms with Gasteiger partial charge in [-0.05, 0) is 12.8 Å². The maximum absolute atomic E-state index is 10.7. The van der Waals surface area contributed by atoms with Gasteiger partial charge in [-0.3, -0.25) is 0 Å². The van der Waals surface area contributed by atoms with Crippen molar-refractivity contribution in [3.8, 4) is 0 Å². The number of halogens is 1. The van der Waals surface area contributed by atoms with E-state index in [9.17, 15) is 4.79 Å². The topological polar surface area (TPSA) is 68.5 Å². The summed E-state index contributed by atoms with van der Waals surface area (Å²) in [4.78, 5) is 16.9. The molecular formula is C9H12ClN3O2S. The summed E-state index contributed by atoms with van der Waals surface area (Å²) in [5.41, 5.74) is 5.00. The number of amides is 1. The Balaban J connectivity index is 1.99. The third-order valence-electron chi connectivity index (χ3n) is 2.45. The van der Waals surface area contributed by atoms with E-state index in [0.717, 1.165) is 25.2 Å². The Morgan fingerprint density at radius 1 is 1.75 bits per heavy atom. The van der Waals surface area contributed by atoms with E-state index < -0.39 is 6.09 Å². The normalized spacial score (nSPS) is 20.8. The smallest absolute Gasteiger partial charge is 0.404 e. The first kappa shape index (κ1) is 11.5. The molecule has 0 aromatic carbocycles. The third kappa shape index (κ3) is 2.76. The average molecular weight is 262 g/mol. The Bertz CT molecular complexity index is 385. The number of carbonyl (C=O) groups is 1. The predicted molar refractivity (Wildman–Crippen MR) is 63.0 cm³/mol. The molecule has 0 radical (unpaired) electrons. The minimum Gasteiger partial charge on any atom is -0.445 e. The second kappa shape index (κ2) is 4.88. The minimum atomic E-state index is -0.719. The highest BCUT2D eigenvalue weighted by molar-refractivity contribution is 7.14. The fourth-order valence-corrected chi connectivity index (χ4v) is 2.57. The summed E-state index contributed by atoms with van der Waals surface area (Å²) in [6.07, 6.45) is 0.930. The molecule has 1 aliphatic rings. The van der Waals surface area contributed by atoms with E-state index in [0.29, 0.717) is 11.0 Å². The lowest BCUT2D eigenvalue weighted by molar-refractivity contribution is 0.0964. The van der Waals surface area contributed by atoms with Crippen molar-refractivity contribution in [2.24, 2.45) is 5.73 Å². The first-order chi connectivity index (χ1) is 7.65. The molecule has 1 atom stereocenters. The van der Waals surface area contributed by atoms with Crippen molar-refractivity contribution in [3.05, 3.63) is 9.85 Å². The second-order valence-electron chi connectivity index (χ2n) is 3.61. The molecule has 0 saturated carbocycles. The van der Waals surface area contributed by atoms with Crippen molar-refractivity contribution in [3.63, 3.8) is 0 Å². The van der Waals surface area contributed by atoms with Crippen LogP contribution < -0.4 is 10.6 Å². The molecule has 1 amide bonds. The molecule has 88 valence electrons. The van der Waals surface area contributed by atoms with Crippen LogP contribution in [-0.4, -0.2) is 30.3 Å². The van der Waals surface area contributed by atoms with Crippen molar-refractivity contribution in [1.29, 1.82) is 0 Å². The van der Waals surface area contributed by atoms with Gasteiger partial charge < -0.3 is 15.4 Å². The van der Waals surface area contributed by atoms with Crippen LogP contribution in [-0.2, 0) is 4.74 Å². The first-order valence-corrected chi connectivity index (χ1v) is 6.23. The zero-order valence-corrected chi connectivity index (χ0v) is 10.1. The highest BCUT2D eigenvalue weighted by atomic mass is 35.5. The van der Waals surface area contributed by atoms with Crippen molar-refractivity contribution >= 4 is 34.8 Å². The van der Waals surface area contributed by atoms with Gasteiger partial charge >= 0.3 is 6.09 Å². The maximum Gasteiger partial charge on any atom is 0.404 e. The number of anilines is 1. The number of aromatic nitrogens is 1. The Hall–Kier alpha value is -1.01. The molecule has 1 aromatic rings. The van der Waals surface area contributed by atoms with Crippen LogP contribution in [0.25, 0.3) is 0 Å². The largest absolute Gasteiger partial charge is 0.445 e. The van der Waals surface area contributed by atoms with E-state index >= 15 is 0 Å². The summed E-state index contributed by atoms with van der Waals surface area (Å²) in [6, 6.07) is 0. The Morgan fingerprint density at radius 3 is 3.19 bits per heavy atom. The van der Waals surface area contributed by atoms with Crippen molar-refractivity contribution < 1.29 is 9.53 Å². The lowest BCUT2D eigenvalue weighted by Crippen LogP contribution is -2.41. The van der Waals surface area contributed by atoms with Crippen molar-refractivity contribution in [2.45, 2.75) is 18.9 Å². The van der Waals surface area contributed by atoms with Gasteiger partial charge in [-0.2, -0.15) is 0 Å². The van der Waals surface area contributed by atoms with Gasteiger partial charge in [0.15, 0.2) is 4.47 Å². The highest BCUT2D eigenvalue weighted by Gasteiger charge is 2.23. The lowest BCUT2D eigenvalue weighted by atomic mass is 10.1. The summed E-state index contributed by atoms with van der Waals surface area (Å²) in [7, 11) is 0. The summed E-state index contributed by atoms with van der Waals surface area (Å²) in [5.74, 6) is 0.841. The molecule has 1 aliphatic heterocycles. The van der Waals surface area contributed by atoms with Gasteiger partial charge in [-0.25, -0.2) is 9.78 Å². The van der Waals surface area contributed by atoms with E-state index in [1.165, 1.54) is 11.3 Å². The van der Waals surface area contributed by atoms with Crippen LogP contribution in [0.4, 0.5) is 10.6 Å². The van der Waals surface area contributed by atoms with Crippen molar-refractivity contribution in [2.75, 3.05) is 18.0 Å². The predicted octanol–water partition coefficient (Wildman–Crippen LogP) is 1.86.